The van der Waals surface area contributed by atoms with Gasteiger partial charge in [0.15, 0.2) is 48.9 Å². The Kier molecular flexibility index (Phi) is 25.5. The van der Waals surface area contributed by atoms with Gasteiger partial charge in [0.1, 0.15) is 79.8 Å². The van der Waals surface area contributed by atoms with Crippen molar-refractivity contribution < 1.29 is 119 Å². The number of amides is 2. The van der Waals surface area contributed by atoms with Gasteiger partial charge in [-0.1, -0.05) is 27.7 Å². The molecule has 4 saturated heterocycles. The molecule has 2 amide bonds. The Balaban J connectivity index is 1.10. The number of hydrogen-bond donors (Lipinski definition) is 2. The molecule has 512 valence electrons. The summed E-state index contributed by atoms with van der Waals surface area (Å²) in [6.45, 7) is 9.30. The van der Waals surface area contributed by atoms with Crippen molar-refractivity contribution in [1.82, 2.24) is 10.6 Å². The van der Waals surface area contributed by atoms with Crippen molar-refractivity contribution in [2.75, 3.05) is 75.5 Å². The third-order valence-corrected chi connectivity index (χ3v) is 20.5. The third-order valence-electron chi connectivity index (χ3n) is 19.4. The fourth-order valence-electron chi connectivity index (χ4n) is 15.6. The van der Waals surface area contributed by atoms with Gasteiger partial charge in [-0.15, -0.1) is 58.0 Å². The summed E-state index contributed by atoms with van der Waals surface area (Å²) in [6.07, 6.45) is -16.7. The number of esters is 7. The summed E-state index contributed by atoms with van der Waals surface area (Å²) >= 11 is 29.9. The molecule has 0 aromatic heterocycles. The van der Waals surface area contributed by atoms with Gasteiger partial charge in [0.2, 0.25) is 0 Å². The molecule has 27 nitrogen and oxygen atoms in total. The van der Waals surface area contributed by atoms with Crippen LogP contribution in [0.4, 0.5) is 9.59 Å². The van der Waals surface area contributed by atoms with E-state index in [9.17, 15) is 43.2 Å². The summed E-state index contributed by atoms with van der Waals surface area (Å²) in [5.74, 6) is -11.0. The maximum Gasteiger partial charge on any atom is 0.408 e. The molecule has 32 heteroatoms. The first-order chi connectivity index (χ1) is 43.4. The standard InChI is InChI=1S/C59H81Cl5N2O25/c1-7-77-43(73)23-65-55(75)80-27-37-48(90-56(76)66-24-44(74)78-8-2)50(86-40(70)20-62)52(88-42(72)22-64)54(84-37)89-47-36(26-79-38(68)18-60)83-53(51(87-41(71)21-63)49(47)85-39(69)19-61)82-31-12-13-57(5)30(15-31)9-10-32-33-16-35-45(58(33,6)17-34(67)46(32)57)29(4)59(91-35)14-11-28(3)25-81-59/h28-33,35-37,45-54H,7-27H2,1-6H3,(H,65,75)(H,66,76)/t28-,29?,30+,31+,32+,33+,35?,36-,37-,45?,46-,47-,48-,49+,50+,51-,52-,53-,54+,57+,58+,59-/m1/s1. The molecule has 2 N–H and O–H groups in total. The SMILES string of the molecule is CCOC(=O)CNC(=O)OC[C@H]1O[C@@H](O[C@H]2[C@H](OC(=O)CCl)[C@@H](OC(=O)CCl)[C@H](O[C@H]3CC[C@@]4(C)[C@@H](CC[C@@H]5[C@@H]4C(=O)C[C@]4(C)C6C(C[C@@H]54)O[C@]4(CC[C@@H](C)CO4)C6C)C3)O[C@@H]2COC(=O)CCl)[C@H](OC(=O)CCl)[C@@H](OC(=O)CCl)[C@@H]1OC(=O)NCC(=O)OCC. The topological polar surface area (TPSA) is 333 Å². The number of ketones is 1. The highest BCUT2D eigenvalue weighted by Crippen LogP contribution is 2.71. The number of Topliss-reactive ketones (excluding diaryl/α,β-unsaturated/α-hetero) is 1. The Hall–Kier alpha value is -4.29. The Morgan fingerprint density at radius 2 is 1.10 bits per heavy atom. The molecule has 8 aliphatic rings. The molecule has 0 aromatic rings. The summed E-state index contributed by atoms with van der Waals surface area (Å²) in [5.41, 5.74) is -0.704. The van der Waals surface area contributed by atoms with E-state index in [1.807, 2.05) is 0 Å². The molecule has 22 atom stereocenters. The Labute approximate surface area is 551 Å². The molecular formula is C59H81Cl5N2O25. The lowest BCUT2D eigenvalue weighted by Crippen LogP contribution is -2.68. The van der Waals surface area contributed by atoms with Crippen LogP contribution >= 0.6 is 58.0 Å². The molecule has 0 radical (unpaired) electrons. The van der Waals surface area contributed by atoms with Gasteiger partial charge < -0.3 is 81.7 Å². The van der Waals surface area contributed by atoms with E-state index in [2.05, 4.69) is 38.3 Å². The van der Waals surface area contributed by atoms with Gasteiger partial charge in [-0.2, -0.15) is 0 Å². The summed E-state index contributed by atoms with van der Waals surface area (Å²) in [6, 6.07) is 0. The number of hydrogen-bond acceptors (Lipinski definition) is 25. The van der Waals surface area contributed by atoms with Gasteiger partial charge in [-0.05, 0) is 99.2 Å². The number of carbonyl (C=O) groups is 10. The van der Waals surface area contributed by atoms with Crippen LogP contribution in [0.15, 0.2) is 0 Å². The van der Waals surface area contributed by atoms with Crippen LogP contribution in [0.25, 0.3) is 0 Å². The molecule has 3 unspecified atom stereocenters. The molecule has 8 fully saturated rings. The number of alkyl halides is 5. The van der Waals surface area contributed by atoms with Gasteiger partial charge in [-0.3, -0.25) is 38.4 Å². The predicted molar refractivity (Wildman–Crippen MR) is 314 cm³/mol. The minimum atomic E-state index is -2.20. The van der Waals surface area contributed by atoms with E-state index in [0.29, 0.717) is 38.2 Å². The van der Waals surface area contributed by atoms with Crippen LogP contribution in [0.5, 0.6) is 0 Å². The van der Waals surface area contributed by atoms with E-state index in [0.717, 1.165) is 32.1 Å². The maximum atomic E-state index is 15.0. The van der Waals surface area contributed by atoms with Gasteiger partial charge in [0, 0.05) is 24.7 Å². The molecule has 91 heavy (non-hydrogen) atoms. The lowest BCUT2D eigenvalue weighted by atomic mass is 9.44. The number of halogens is 5. The van der Waals surface area contributed by atoms with Crippen LogP contribution in [0, 0.1) is 52.3 Å². The van der Waals surface area contributed by atoms with Crippen molar-refractivity contribution in [3.8, 4) is 0 Å². The minimum absolute atomic E-state index is 0.0151. The van der Waals surface area contributed by atoms with Crippen molar-refractivity contribution >= 4 is 118 Å². The molecule has 4 saturated carbocycles. The highest BCUT2D eigenvalue weighted by molar-refractivity contribution is 6.27. The number of ether oxygens (including phenoxy) is 15. The Morgan fingerprint density at radius 3 is 1.66 bits per heavy atom. The first kappa shape index (κ1) is 72.5. The van der Waals surface area contributed by atoms with E-state index in [1.54, 1.807) is 0 Å². The van der Waals surface area contributed by atoms with E-state index >= 15 is 4.79 Å². The molecule has 4 aliphatic heterocycles. The summed E-state index contributed by atoms with van der Waals surface area (Å²) in [4.78, 5) is 133. The van der Waals surface area contributed by atoms with Crippen molar-refractivity contribution in [3.63, 3.8) is 0 Å². The Bertz CT molecular complexity index is 2640. The number of rotatable bonds is 24. The van der Waals surface area contributed by atoms with Crippen LogP contribution in [0.1, 0.15) is 99.3 Å². The third kappa shape index (κ3) is 16.5. The van der Waals surface area contributed by atoms with Crippen LogP contribution in [0.3, 0.4) is 0 Å². The smallest absolute Gasteiger partial charge is 0.408 e. The maximum absolute atomic E-state index is 15.0. The summed E-state index contributed by atoms with van der Waals surface area (Å²) < 4.78 is 89.4. The monoisotopic (exact) mass is 1390 g/mol. The quantitative estimate of drug-likeness (QED) is 0.0545. The molecule has 8 rings (SSSR count). The zero-order chi connectivity index (χ0) is 66.1. The van der Waals surface area contributed by atoms with Gasteiger partial charge in [0.25, 0.3) is 0 Å². The zero-order valence-corrected chi connectivity index (χ0v) is 55.2. The van der Waals surface area contributed by atoms with Crippen molar-refractivity contribution in [1.29, 1.82) is 0 Å². The second-order valence-electron chi connectivity index (χ2n) is 24.8. The van der Waals surface area contributed by atoms with Crippen LogP contribution in [-0.4, -0.2) is 215 Å². The summed E-state index contributed by atoms with van der Waals surface area (Å²) in [5, 5.41) is 4.31. The lowest BCUT2D eigenvalue weighted by molar-refractivity contribution is -0.364. The van der Waals surface area contributed by atoms with Crippen LogP contribution < -0.4 is 10.6 Å². The second-order valence-corrected chi connectivity index (χ2v) is 26.2. The summed E-state index contributed by atoms with van der Waals surface area (Å²) in [7, 11) is 0. The van der Waals surface area contributed by atoms with Crippen molar-refractivity contribution in [2.45, 2.75) is 179 Å². The van der Waals surface area contributed by atoms with Gasteiger partial charge >= 0.3 is 54.0 Å². The number of alkyl carbamates (subject to hydrolysis) is 2. The van der Waals surface area contributed by atoms with Crippen molar-refractivity contribution in [3.05, 3.63) is 0 Å². The predicted octanol–water partition coefficient (Wildman–Crippen LogP) is 5.16. The molecular weight excluding hydrogens is 1310 g/mol. The molecule has 0 bridgehead atoms. The second kappa shape index (κ2) is 32.0. The normalized spacial score (nSPS) is 38.0. The van der Waals surface area contributed by atoms with Gasteiger partial charge in [0.05, 0.1) is 32.0 Å². The van der Waals surface area contributed by atoms with Gasteiger partial charge in [-0.25, -0.2) is 9.59 Å². The molecule has 4 aliphatic carbocycles. The minimum Gasteiger partial charge on any atom is -0.465 e. The van der Waals surface area contributed by atoms with E-state index < -0.39 is 188 Å². The highest BCUT2D eigenvalue weighted by atomic mass is 35.5. The number of fused-ring (bicyclic) bond motifs is 7. The van der Waals surface area contributed by atoms with E-state index in [4.69, 9.17) is 129 Å². The van der Waals surface area contributed by atoms with E-state index in [1.165, 1.54) is 13.8 Å². The van der Waals surface area contributed by atoms with E-state index in [-0.39, 0.29) is 66.0 Å². The molecule has 0 aromatic carbocycles. The average Bonchev–Trinajstić information content (AvgIpc) is 1.62. The zero-order valence-electron chi connectivity index (χ0n) is 51.4. The fourth-order valence-corrected chi connectivity index (χ4v) is 16.0. The number of nitrogens with one attached hydrogen (secondary N) is 2. The molecule has 1 spiro atoms. The highest BCUT2D eigenvalue weighted by Gasteiger charge is 2.71. The first-order valence-corrected chi connectivity index (χ1v) is 33.4. The largest absolute Gasteiger partial charge is 0.465 e. The average molecular weight is 1400 g/mol. The van der Waals surface area contributed by atoms with Crippen LogP contribution in [-0.2, 0) is 109 Å². The first-order valence-electron chi connectivity index (χ1n) is 30.8. The fraction of sp³-hybridized carbons (Fsp3) is 0.831. The van der Waals surface area contributed by atoms with Crippen molar-refractivity contribution in [2.24, 2.45) is 52.3 Å². The lowest BCUT2D eigenvalue weighted by Gasteiger charge is -2.60. The van der Waals surface area contributed by atoms with Crippen LogP contribution in [0.2, 0.25) is 0 Å². The number of carbonyl (C=O) groups excluding carboxylic acids is 10. The molecule has 4 heterocycles. The Morgan fingerprint density at radius 1 is 0.560 bits per heavy atom.